The lowest BCUT2D eigenvalue weighted by Crippen LogP contribution is -2.52. The molecule has 1 heterocycles. The van der Waals surface area contributed by atoms with E-state index in [4.69, 9.17) is 10.9 Å². The first-order valence-corrected chi connectivity index (χ1v) is 6.25. The van der Waals surface area contributed by atoms with E-state index in [0.717, 1.165) is 5.56 Å². The molecule has 2 amide bonds. The van der Waals surface area contributed by atoms with Gasteiger partial charge in [0.2, 0.25) is 0 Å². The molecule has 8 heteroatoms. The predicted molar refractivity (Wildman–Crippen MR) is 73.6 cm³/mol. The van der Waals surface area contributed by atoms with Gasteiger partial charge in [0.1, 0.15) is 12.0 Å². The zero-order valence-electron chi connectivity index (χ0n) is 10.8. The summed E-state index contributed by atoms with van der Waals surface area (Å²) in [6.07, 6.45) is -0.429. The summed E-state index contributed by atoms with van der Waals surface area (Å²) in [5.74, 6) is -0.238. The van der Waals surface area contributed by atoms with Crippen LogP contribution in [0.15, 0.2) is 35.5 Å². The minimum atomic E-state index is -0.429. The highest BCUT2D eigenvalue weighted by atomic mass is 16.4. The number of hydrogen-bond acceptors (Lipinski definition) is 5. The van der Waals surface area contributed by atoms with Crippen LogP contribution in [-0.2, 0) is 6.54 Å². The maximum absolute atomic E-state index is 11.8. The minimum absolute atomic E-state index is 0.0656. The summed E-state index contributed by atoms with van der Waals surface area (Å²) >= 11 is 0. The Bertz CT molecular complexity index is 478. The first kappa shape index (κ1) is 14.1. The molecule has 1 aliphatic rings. The molecule has 0 aromatic heterocycles. The lowest BCUT2D eigenvalue weighted by molar-refractivity contribution is 0.233. The Balaban J connectivity index is 1.82. The van der Waals surface area contributed by atoms with Gasteiger partial charge in [0.15, 0.2) is 0 Å². The molecule has 0 radical (unpaired) electrons. The molecule has 2 unspecified atom stereocenters. The van der Waals surface area contributed by atoms with Gasteiger partial charge in [-0.3, -0.25) is 5.43 Å². The second-order valence-electron chi connectivity index (χ2n) is 4.45. The molecule has 2 rings (SSSR count). The number of carbonyl (C=O) groups is 1. The summed E-state index contributed by atoms with van der Waals surface area (Å²) in [6.45, 7) is 0.903. The van der Waals surface area contributed by atoms with Crippen molar-refractivity contribution in [1.82, 2.24) is 21.5 Å². The Hall–Kier alpha value is -2.32. The Morgan fingerprint density at radius 2 is 2.20 bits per heavy atom. The highest BCUT2D eigenvalue weighted by molar-refractivity contribution is 5.84. The largest absolute Gasteiger partial charge is 0.409 e. The number of urea groups is 1. The molecule has 1 saturated heterocycles. The molecule has 108 valence electrons. The first-order chi connectivity index (χ1) is 9.70. The summed E-state index contributed by atoms with van der Waals surface area (Å²) in [5, 5.41) is 17.1. The Kier molecular flexibility index (Phi) is 4.75. The molecule has 1 aromatic rings. The minimum Gasteiger partial charge on any atom is -0.409 e. The smallest absolute Gasteiger partial charge is 0.316 e. The van der Waals surface area contributed by atoms with Crippen molar-refractivity contribution in [3.63, 3.8) is 0 Å². The average molecular weight is 278 g/mol. The molecule has 0 bridgehead atoms. The highest BCUT2D eigenvalue weighted by Crippen LogP contribution is 2.05. The van der Waals surface area contributed by atoms with Crippen molar-refractivity contribution in [3.8, 4) is 0 Å². The summed E-state index contributed by atoms with van der Waals surface area (Å²) in [5.41, 5.74) is 12.3. The fourth-order valence-corrected chi connectivity index (χ4v) is 1.95. The van der Waals surface area contributed by atoms with Crippen molar-refractivity contribution in [1.29, 1.82) is 0 Å². The van der Waals surface area contributed by atoms with Crippen LogP contribution in [0.1, 0.15) is 5.56 Å². The van der Waals surface area contributed by atoms with Crippen LogP contribution in [0, 0.1) is 5.92 Å². The molecule has 1 aromatic carbocycles. The van der Waals surface area contributed by atoms with Gasteiger partial charge < -0.3 is 21.6 Å². The fraction of sp³-hybridized carbons (Fsp3) is 0.333. The standard InChI is InChI=1S/C12H18N6O2/c13-10(18-20)9-7-15-17-11(9)16-12(19)14-6-8-4-2-1-3-5-8/h1-5,9,11,15,17,20H,6-7H2,(H2,13,18)(H2,14,16,19). The number of nitrogens with two attached hydrogens (primary N) is 1. The van der Waals surface area contributed by atoms with Crippen LogP contribution in [-0.4, -0.2) is 29.8 Å². The number of rotatable bonds is 4. The van der Waals surface area contributed by atoms with Gasteiger partial charge >= 0.3 is 6.03 Å². The summed E-state index contributed by atoms with van der Waals surface area (Å²) in [6, 6.07) is 9.26. The highest BCUT2D eigenvalue weighted by Gasteiger charge is 2.31. The third-order valence-corrected chi connectivity index (χ3v) is 3.06. The molecule has 2 atom stereocenters. The monoisotopic (exact) mass is 278 g/mol. The second-order valence-corrected chi connectivity index (χ2v) is 4.45. The number of hydrazine groups is 1. The number of hydrogen-bond donors (Lipinski definition) is 6. The van der Waals surface area contributed by atoms with Crippen molar-refractivity contribution < 1.29 is 10.0 Å². The van der Waals surface area contributed by atoms with Crippen molar-refractivity contribution in [2.75, 3.05) is 6.54 Å². The third-order valence-electron chi connectivity index (χ3n) is 3.06. The number of nitrogens with zero attached hydrogens (tertiary/aromatic N) is 1. The van der Waals surface area contributed by atoms with Gasteiger partial charge in [0, 0.05) is 13.1 Å². The van der Waals surface area contributed by atoms with E-state index < -0.39 is 6.17 Å². The normalized spacial score (nSPS) is 22.5. The predicted octanol–water partition coefficient (Wildman–Crippen LogP) is -0.718. The summed E-state index contributed by atoms with van der Waals surface area (Å²) in [7, 11) is 0. The molecule has 0 aliphatic carbocycles. The number of oxime groups is 1. The first-order valence-electron chi connectivity index (χ1n) is 6.25. The number of benzene rings is 1. The van der Waals surface area contributed by atoms with Crippen LogP contribution < -0.4 is 27.2 Å². The number of nitrogens with one attached hydrogen (secondary N) is 4. The number of carbonyl (C=O) groups excluding carboxylic acids is 1. The van der Waals surface area contributed by atoms with Gasteiger partial charge in [-0.2, -0.15) is 0 Å². The third kappa shape index (κ3) is 3.59. The Labute approximate surface area is 116 Å². The van der Waals surface area contributed by atoms with E-state index in [2.05, 4.69) is 26.6 Å². The van der Waals surface area contributed by atoms with Crippen LogP contribution >= 0.6 is 0 Å². The Morgan fingerprint density at radius 3 is 2.90 bits per heavy atom. The maximum atomic E-state index is 11.8. The molecule has 8 nitrogen and oxygen atoms in total. The van der Waals surface area contributed by atoms with Crippen molar-refractivity contribution >= 4 is 11.9 Å². The molecule has 0 spiro atoms. The van der Waals surface area contributed by atoms with Crippen LogP contribution in [0.3, 0.4) is 0 Å². The van der Waals surface area contributed by atoms with Crippen molar-refractivity contribution in [3.05, 3.63) is 35.9 Å². The van der Waals surface area contributed by atoms with E-state index >= 15 is 0 Å². The van der Waals surface area contributed by atoms with Gasteiger partial charge in [-0.1, -0.05) is 35.5 Å². The van der Waals surface area contributed by atoms with Gasteiger partial charge in [-0.15, -0.1) is 0 Å². The molecule has 1 aliphatic heterocycles. The molecular weight excluding hydrogens is 260 g/mol. The summed E-state index contributed by atoms with van der Waals surface area (Å²) in [4.78, 5) is 11.8. The molecule has 7 N–H and O–H groups in total. The molecule has 1 fully saturated rings. The lowest BCUT2D eigenvalue weighted by Gasteiger charge is -2.19. The zero-order chi connectivity index (χ0) is 14.4. The van der Waals surface area contributed by atoms with E-state index in [1.807, 2.05) is 30.3 Å². The van der Waals surface area contributed by atoms with Gasteiger partial charge in [-0.05, 0) is 5.56 Å². The van der Waals surface area contributed by atoms with Crippen LogP contribution in [0.25, 0.3) is 0 Å². The van der Waals surface area contributed by atoms with Crippen molar-refractivity contribution in [2.24, 2.45) is 16.8 Å². The van der Waals surface area contributed by atoms with Gasteiger partial charge in [0.05, 0.1) is 5.92 Å². The van der Waals surface area contributed by atoms with E-state index in [1.165, 1.54) is 0 Å². The maximum Gasteiger partial charge on any atom is 0.316 e. The molecule has 0 saturated carbocycles. The van der Waals surface area contributed by atoms with E-state index in [9.17, 15) is 4.79 Å². The number of amidine groups is 1. The topological polar surface area (TPSA) is 124 Å². The van der Waals surface area contributed by atoms with E-state index in [-0.39, 0.29) is 17.8 Å². The average Bonchev–Trinajstić information content (AvgIpc) is 2.93. The molecule has 20 heavy (non-hydrogen) atoms. The SMILES string of the molecule is N/C(=N/O)C1CNNC1NC(=O)NCc1ccccc1. The fourth-order valence-electron chi connectivity index (χ4n) is 1.95. The van der Waals surface area contributed by atoms with Crippen LogP contribution in [0.5, 0.6) is 0 Å². The van der Waals surface area contributed by atoms with Crippen LogP contribution in [0.4, 0.5) is 4.79 Å². The number of amides is 2. The molecular formula is C12H18N6O2. The Morgan fingerprint density at radius 1 is 1.45 bits per heavy atom. The summed E-state index contributed by atoms with van der Waals surface area (Å²) < 4.78 is 0. The van der Waals surface area contributed by atoms with Crippen LogP contribution in [0.2, 0.25) is 0 Å². The van der Waals surface area contributed by atoms with Gasteiger partial charge in [-0.25, -0.2) is 10.2 Å². The lowest BCUT2D eigenvalue weighted by atomic mass is 10.1. The second kappa shape index (κ2) is 6.73. The van der Waals surface area contributed by atoms with Crippen molar-refractivity contribution in [2.45, 2.75) is 12.7 Å². The van der Waals surface area contributed by atoms with E-state index in [0.29, 0.717) is 13.1 Å². The van der Waals surface area contributed by atoms with E-state index in [1.54, 1.807) is 0 Å². The quantitative estimate of drug-likeness (QED) is 0.188. The zero-order valence-corrected chi connectivity index (χ0v) is 10.8. The van der Waals surface area contributed by atoms with Gasteiger partial charge in [0.25, 0.3) is 0 Å².